The molecule has 21 heavy (non-hydrogen) atoms. The Morgan fingerprint density at radius 3 is 2.76 bits per heavy atom. The Kier molecular flexibility index (Phi) is 5.97. The molecule has 0 spiro atoms. The van der Waals surface area contributed by atoms with Gasteiger partial charge in [-0.1, -0.05) is 35.5 Å². The fraction of sp³-hybridized carbons (Fsp3) is 0.375. The summed E-state index contributed by atoms with van der Waals surface area (Å²) in [5.41, 5.74) is 1.35. The number of hydrogen-bond acceptors (Lipinski definition) is 4. The molecule has 112 valence electrons. The van der Waals surface area contributed by atoms with Crippen LogP contribution in [0.5, 0.6) is 0 Å². The van der Waals surface area contributed by atoms with Crippen molar-refractivity contribution in [1.29, 1.82) is 0 Å². The van der Waals surface area contributed by atoms with E-state index in [9.17, 15) is 4.79 Å². The summed E-state index contributed by atoms with van der Waals surface area (Å²) in [4.78, 5) is 11.6. The van der Waals surface area contributed by atoms with Crippen LogP contribution in [0.4, 0.5) is 5.82 Å². The van der Waals surface area contributed by atoms with Crippen molar-refractivity contribution in [2.75, 3.05) is 18.4 Å². The van der Waals surface area contributed by atoms with E-state index in [1.807, 2.05) is 6.07 Å². The van der Waals surface area contributed by atoms with E-state index < -0.39 is 0 Å². The minimum absolute atomic E-state index is 0.0566. The van der Waals surface area contributed by atoms with E-state index in [-0.39, 0.29) is 5.91 Å². The van der Waals surface area contributed by atoms with E-state index in [0.717, 1.165) is 19.4 Å². The summed E-state index contributed by atoms with van der Waals surface area (Å²) in [6.45, 7) is 3.36. The zero-order valence-electron chi connectivity index (χ0n) is 12.3. The normalized spacial score (nSPS) is 10.5. The SMILES string of the molecule is Cc1cc(NC(=O)CCNCCCc2ccccc2)no1. The second-order valence-corrected chi connectivity index (χ2v) is 4.96. The summed E-state index contributed by atoms with van der Waals surface area (Å²) in [6.07, 6.45) is 2.55. The van der Waals surface area contributed by atoms with E-state index in [1.54, 1.807) is 13.0 Å². The summed E-state index contributed by atoms with van der Waals surface area (Å²) < 4.78 is 4.88. The van der Waals surface area contributed by atoms with E-state index in [2.05, 4.69) is 40.1 Å². The Morgan fingerprint density at radius 1 is 1.24 bits per heavy atom. The van der Waals surface area contributed by atoms with Crippen LogP contribution in [0.3, 0.4) is 0 Å². The minimum Gasteiger partial charge on any atom is -0.360 e. The molecule has 1 heterocycles. The fourth-order valence-corrected chi connectivity index (χ4v) is 2.02. The van der Waals surface area contributed by atoms with Crippen LogP contribution in [0.15, 0.2) is 40.9 Å². The highest BCUT2D eigenvalue weighted by Gasteiger charge is 2.05. The third kappa shape index (κ3) is 5.79. The highest BCUT2D eigenvalue weighted by atomic mass is 16.5. The fourth-order valence-electron chi connectivity index (χ4n) is 2.02. The Bertz CT molecular complexity index is 552. The zero-order chi connectivity index (χ0) is 14.9. The summed E-state index contributed by atoms with van der Waals surface area (Å²) in [5.74, 6) is 1.10. The molecule has 0 fully saturated rings. The number of nitrogens with one attached hydrogen (secondary N) is 2. The lowest BCUT2D eigenvalue weighted by Gasteiger charge is -2.05. The Morgan fingerprint density at radius 2 is 2.05 bits per heavy atom. The molecule has 0 unspecified atom stereocenters. The van der Waals surface area contributed by atoms with Crippen molar-refractivity contribution in [3.8, 4) is 0 Å². The van der Waals surface area contributed by atoms with Gasteiger partial charge in [-0.3, -0.25) is 4.79 Å². The molecule has 5 nitrogen and oxygen atoms in total. The van der Waals surface area contributed by atoms with Crippen LogP contribution in [-0.2, 0) is 11.2 Å². The number of carbonyl (C=O) groups excluding carboxylic acids is 1. The maximum atomic E-state index is 11.6. The number of amides is 1. The van der Waals surface area contributed by atoms with Crippen molar-refractivity contribution in [2.24, 2.45) is 0 Å². The van der Waals surface area contributed by atoms with E-state index in [4.69, 9.17) is 4.52 Å². The number of rotatable bonds is 8. The average Bonchev–Trinajstić information content (AvgIpc) is 2.89. The molecule has 0 bridgehead atoms. The molecule has 2 N–H and O–H groups in total. The van der Waals surface area contributed by atoms with Crippen molar-refractivity contribution in [2.45, 2.75) is 26.2 Å². The van der Waals surface area contributed by atoms with Crippen LogP contribution in [0.1, 0.15) is 24.2 Å². The third-order valence-corrected chi connectivity index (χ3v) is 3.09. The third-order valence-electron chi connectivity index (χ3n) is 3.09. The van der Waals surface area contributed by atoms with E-state index >= 15 is 0 Å². The molecule has 5 heteroatoms. The second-order valence-electron chi connectivity index (χ2n) is 4.96. The van der Waals surface area contributed by atoms with Crippen LogP contribution in [-0.4, -0.2) is 24.2 Å². The highest BCUT2D eigenvalue weighted by Crippen LogP contribution is 2.07. The van der Waals surface area contributed by atoms with Gasteiger partial charge in [0.15, 0.2) is 5.82 Å². The number of carbonyl (C=O) groups is 1. The van der Waals surface area contributed by atoms with Crippen molar-refractivity contribution in [3.05, 3.63) is 47.7 Å². The van der Waals surface area contributed by atoms with Gasteiger partial charge in [-0.2, -0.15) is 0 Å². The second kappa shape index (κ2) is 8.21. The van der Waals surface area contributed by atoms with Gasteiger partial charge in [0.2, 0.25) is 5.91 Å². The lowest BCUT2D eigenvalue weighted by Crippen LogP contribution is -2.23. The van der Waals surface area contributed by atoms with Gasteiger partial charge in [0.25, 0.3) is 0 Å². The number of benzene rings is 1. The molecular formula is C16H21N3O2. The maximum Gasteiger partial charge on any atom is 0.226 e. The predicted molar refractivity (Wildman–Crippen MR) is 82.1 cm³/mol. The number of anilines is 1. The molecule has 0 saturated heterocycles. The lowest BCUT2D eigenvalue weighted by molar-refractivity contribution is -0.116. The molecule has 2 aromatic rings. The largest absolute Gasteiger partial charge is 0.360 e. The quantitative estimate of drug-likeness (QED) is 0.732. The molecule has 1 aromatic heterocycles. The monoisotopic (exact) mass is 287 g/mol. The van der Waals surface area contributed by atoms with Crippen molar-refractivity contribution < 1.29 is 9.32 Å². The van der Waals surface area contributed by atoms with Crippen LogP contribution >= 0.6 is 0 Å². The van der Waals surface area contributed by atoms with Gasteiger partial charge in [-0.25, -0.2) is 0 Å². The molecular weight excluding hydrogens is 266 g/mol. The summed E-state index contributed by atoms with van der Waals surface area (Å²) in [6, 6.07) is 12.1. The van der Waals surface area contributed by atoms with Gasteiger partial charge in [-0.05, 0) is 31.9 Å². The molecule has 2 rings (SSSR count). The number of aryl methyl sites for hydroxylation is 2. The Hall–Kier alpha value is -2.14. The van der Waals surface area contributed by atoms with Gasteiger partial charge in [-0.15, -0.1) is 0 Å². The molecule has 0 radical (unpaired) electrons. The van der Waals surface area contributed by atoms with Gasteiger partial charge >= 0.3 is 0 Å². The van der Waals surface area contributed by atoms with Crippen molar-refractivity contribution >= 4 is 11.7 Å². The predicted octanol–water partition coefficient (Wildman–Crippen LogP) is 2.53. The standard InChI is InChI=1S/C16H21N3O2/c1-13-12-15(19-21-13)18-16(20)9-11-17-10-5-8-14-6-3-2-4-7-14/h2-4,6-7,12,17H,5,8-11H2,1H3,(H,18,19,20). The first-order chi connectivity index (χ1) is 10.2. The smallest absolute Gasteiger partial charge is 0.226 e. The molecule has 0 aliphatic rings. The summed E-state index contributed by atoms with van der Waals surface area (Å²) in [7, 11) is 0. The molecule has 0 atom stereocenters. The van der Waals surface area contributed by atoms with Crippen molar-refractivity contribution in [1.82, 2.24) is 10.5 Å². The molecule has 0 saturated carbocycles. The van der Waals surface area contributed by atoms with Crippen LogP contribution in [0, 0.1) is 6.92 Å². The van der Waals surface area contributed by atoms with Gasteiger partial charge in [0.1, 0.15) is 5.76 Å². The molecule has 1 aromatic carbocycles. The summed E-state index contributed by atoms with van der Waals surface area (Å²) in [5, 5.41) is 9.69. The first-order valence-corrected chi connectivity index (χ1v) is 7.22. The van der Waals surface area contributed by atoms with Crippen molar-refractivity contribution in [3.63, 3.8) is 0 Å². The Labute approximate surface area is 124 Å². The van der Waals surface area contributed by atoms with Gasteiger partial charge < -0.3 is 15.2 Å². The minimum atomic E-state index is -0.0566. The Balaban J connectivity index is 1.52. The topological polar surface area (TPSA) is 67.2 Å². The van der Waals surface area contributed by atoms with E-state index in [1.165, 1.54) is 5.56 Å². The van der Waals surface area contributed by atoms with Gasteiger partial charge in [0, 0.05) is 19.0 Å². The number of nitrogens with zero attached hydrogens (tertiary/aromatic N) is 1. The molecule has 0 aliphatic carbocycles. The molecule has 0 aliphatic heterocycles. The van der Waals surface area contributed by atoms with Crippen LogP contribution in [0.2, 0.25) is 0 Å². The maximum absolute atomic E-state index is 11.6. The van der Waals surface area contributed by atoms with E-state index in [0.29, 0.717) is 24.5 Å². The number of aromatic nitrogens is 1. The lowest BCUT2D eigenvalue weighted by atomic mass is 10.1. The van der Waals surface area contributed by atoms with Gasteiger partial charge in [0.05, 0.1) is 0 Å². The first-order valence-electron chi connectivity index (χ1n) is 7.22. The zero-order valence-corrected chi connectivity index (χ0v) is 12.3. The highest BCUT2D eigenvalue weighted by molar-refractivity contribution is 5.89. The first kappa shape index (κ1) is 15.3. The van der Waals surface area contributed by atoms with Crippen LogP contribution in [0.25, 0.3) is 0 Å². The van der Waals surface area contributed by atoms with Crippen LogP contribution < -0.4 is 10.6 Å². The number of hydrogen-bond donors (Lipinski definition) is 2. The average molecular weight is 287 g/mol. The molecule has 1 amide bonds. The summed E-state index contributed by atoms with van der Waals surface area (Å²) >= 11 is 0.